The minimum atomic E-state index is -3.94. The molecule has 28 heavy (non-hydrogen) atoms. The van der Waals surface area contributed by atoms with Gasteiger partial charge in [-0.15, -0.1) is 0 Å². The fourth-order valence-corrected chi connectivity index (χ4v) is 4.75. The summed E-state index contributed by atoms with van der Waals surface area (Å²) < 4.78 is 27.5. The Morgan fingerprint density at radius 2 is 1.61 bits per heavy atom. The maximum atomic E-state index is 13.1. The molecule has 10 nitrogen and oxygen atoms in total. The van der Waals surface area contributed by atoms with E-state index < -0.39 is 19.9 Å². The van der Waals surface area contributed by atoms with Crippen LogP contribution in [0.3, 0.4) is 0 Å². The number of nitro groups is 2. The van der Waals surface area contributed by atoms with E-state index in [0.29, 0.717) is 24.2 Å². The summed E-state index contributed by atoms with van der Waals surface area (Å²) >= 11 is 0. The van der Waals surface area contributed by atoms with Crippen LogP contribution in [0.25, 0.3) is 0 Å². The Morgan fingerprint density at radius 3 is 2.25 bits per heavy atom. The monoisotopic (exact) mass is 406 g/mol. The molecule has 0 bridgehead atoms. The molecule has 0 atom stereocenters. The maximum Gasteiger partial charge on any atom is 0.270 e. The van der Waals surface area contributed by atoms with Gasteiger partial charge in [-0.25, -0.2) is 8.42 Å². The zero-order valence-electron chi connectivity index (χ0n) is 14.8. The van der Waals surface area contributed by atoms with Crippen LogP contribution in [0.4, 0.5) is 11.4 Å². The molecule has 1 fully saturated rings. The molecule has 11 heteroatoms. The number of hydrogen-bond donors (Lipinski definition) is 1. The summed E-state index contributed by atoms with van der Waals surface area (Å²) in [5.41, 5.74) is 0.465. The van der Waals surface area contributed by atoms with Crippen LogP contribution < -0.4 is 5.32 Å². The summed E-state index contributed by atoms with van der Waals surface area (Å²) in [5, 5.41) is 25.2. The Kier molecular flexibility index (Phi) is 5.68. The van der Waals surface area contributed by atoms with Crippen molar-refractivity contribution in [1.29, 1.82) is 0 Å². The fraction of sp³-hybridized carbons (Fsp3) is 0.294. The average molecular weight is 406 g/mol. The van der Waals surface area contributed by atoms with Crippen molar-refractivity contribution in [3.05, 3.63) is 73.8 Å². The van der Waals surface area contributed by atoms with Crippen LogP contribution in [-0.4, -0.2) is 48.7 Å². The summed E-state index contributed by atoms with van der Waals surface area (Å²) in [6.07, 6.45) is 0.0975. The minimum absolute atomic E-state index is 0.0975. The van der Waals surface area contributed by atoms with Gasteiger partial charge in [0.15, 0.2) is 0 Å². The Morgan fingerprint density at radius 1 is 0.964 bits per heavy atom. The van der Waals surface area contributed by atoms with Gasteiger partial charge in [0.25, 0.3) is 11.4 Å². The first kappa shape index (κ1) is 19.9. The van der Waals surface area contributed by atoms with E-state index in [0.717, 1.165) is 6.07 Å². The molecule has 0 aromatic heterocycles. The van der Waals surface area contributed by atoms with Crippen molar-refractivity contribution in [2.24, 2.45) is 0 Å². The van der Waals surface area contributed by atoms with Crippen LogP contribution in [-0.2, 0) is 16.4 Å². The van der Waals surface area contributed by atoms with Gasteiger partial charge in [-0.05, 0) is 17.5 Å². The second-order valence-corrected chi connectivity index (χ2v) is 8.21. The first-order valence-electron chi connectivity index (χ1n) is 8.50. The van der Waals surface area contributed by atoms with E-state index in [1.54, 1.807) is 6.07 Å². The van der Waals surface area contributed by atoms with Crippen molar-refractivity contribution >= 4 is 21.4 Å². The van der Waals surface area contributed by atoms with E-state index in [2.05, 4.69) is 5.32 Å². The number of nitro benzene ring substituents is 2. The van der Waals surface area contributed by atoms with Gasteiger partial charge >= 0.3 is 0 Å². The highest BCUT2D eigenvalue weighted by atomic mass is 32.2. The number of non-ortho nitro benzene ring substituents is 2. The molecule has 0 spiro atoms. The summed E-state index contributed by atoms with van der Waals surface area (Å²) in [4.78, 5) is 20.8. The third kappa shape index (κ3) is 4.16. The van der Waals surface area contributed by atoms with Gasteiger partial charge in [-0.1, -0.05) is 18.2 Å². The highest BCUT2D eigenvalue weighted by Crippen LogP contribution is 2.28. The largest absolute Gasteiger partial charge is 0.314 e. The van der Waals surface area contributed by atoms with Crippen LogP contribution in [0.15, 0.2) is 47.4 Å². The van der Waals surface area contributed by atoms with E-state index in [4.69, 9.17) is 0 Å². The number of piperazine rings is 1. The van der Waals surface area contributed by atoms with Crippen molar-refractivity contribution in [3.63, 3.8) is 0 Å². The minimum Gasteiger partial charge on any atom is -0.314 e. The van der Waals surface area contributed by atoms with Crippen LogP contribution in [0.2, 0.25) is 0 Å². The molecule has 1 aliphatic rings. The topological polar surface area (TPSA) is 136 Å². The number of hydrogen-bond acceptors (Lipinski definition) is 7. The molecular weight excluding hydrogens is 388 g/mol. The van der Waals surface area contributed by atoms with E-state index >= 15 is 0 Å². The summed E-state index contributed by atoms with van der Waals surface area (Å²) in [7, 11) is -3.94. The van der Waals surface area contributed by atoms with Crippen LogP contribution >= 0.6 is 0 Å². The molecule has 1 saturated heterocycles. The maximum absolute atomic E-state index is 13.1. The van der Waals surface area contributed by atoms with Gasteiger partial charge in [-0.3, -0.25) is 20.2 Å². The van der Waals surface area contributed by atoms with Gasteiger partial charge in [-0.2, -0.15) is 4.31 Å². The molecule has 0 saturated carbocycles. The molecule has 2 aromatic rings. The summed E-state index contributed by atoms with van der Waals surface area (Å²) in [5.74, 6) is 0. The van der Waals surface area contributed by atoms with Crippen LogP contribution in [0.5, 0.6) is 0 Å². The zero-order valence-corrected chi connectivity index (χ0v) is 15.6. The van der Waals surface area contributed by atoms with E-state index in [1.165, 1.54) is 34.6 Å². The standard InChI is InChI=1S/C17H18N4O6S/c22-20(23)15-3-1-2-13(11-15)10-14-4-5-16(21(24)25)12-17(14)28(26,27)19-8-6-18-7-9-19/h1-5,11-12,18H,6-10H2. The molecule has 148 valence electrons. The first-order valence-corrected chi connectivity index (χ1v) is 9.94. The number of nitrogens with zero attached hydrogens (tertiary/aromatic N) is 3. The lowest BCUT2D eigenvalue weighted by Gasteiger charge is -2.27. The Labute approximate surface area is 161 Å². The van der Waals surface area contributed by atoms with E-state index in [-0.39, 0.29) is 35.8 Å². The quantitative estimate of drug-likeness (QED) is 0.569. The van der Waals surface area contributed by atoms with Crippen molar-refractivity contribution in [1.82, 2.24) is 9.62 Å². The molecule has 1 N–H and O–H groups in total. The molecule has 0 aliphatic carbocycles. The number of rotatable bonds is 6. The Balaban J connectivity index is 2.04. The Hall–Kier alpha value is -2.89. The highest BCUT2D eigenvalue weighted by molar-refractivity contribution is 7.89. The smallest absolute Gasteiger partial charge is 0.270 e. The number of sulfonamides is 1. The van der Waals surface area contributed by atoms with Crippen molar-refractivity contribution < 1.29 is 18.3 Å². The zero-order chi connectivity index (χ0) is 20.3. The molecule has 3 rings (SSSR count). The number of nitrogens with one attached hydrogen (secondary N) is 1. The molecule has 0 amide bonds. The van der Waals surface area contributed by atoms with Crippen molar-refractivity contribution in [2.75, 3.05) is 26.2 Å². The lowest BCUT2D eigenvalue weighted by atomic mass is 10.0. The third-order valence-electron chi connectivity index (χ3n) is 4.47. The van der Waals surface area contributed by atoms with Gasteiger partial charge in [0.05, 0.1) is 14.7 Å². The van der Waals surface area contributed by atoms with Crippen LogP contribution in [0.1, 0.15) is 11.1 Å². The summed E-state index contributed by atoms with van der Waals surface area (Å²) in [6, 6.07) is 9.57. The fourth-order valence-electron chi connectivity index (χ4n) is 3.07. The van der Waals surface area contributed by atoms with Gasteiger partial charge in [0.2, 0.25) is 10.0 Å². The molecule has 0 radical (unpaired) electrons. The van der Waals surface area contributed by atoms with Crippen molar-refractivity contribution in [3.8, 4) is 0 Å². The Bertz CT molecular complexity index is 1020. The first-order chi connectivity index (χ1) is 13.3. The lowest BCUT2D eigenvalue weighted by molar-refractivity contribution is -0.385. The second kappa shape index (κ2) is 8.00. The average Bonchev–Trinajstić information content (AvgIpc) is 2.69. The van der Waals surface area contributed by atoms with Gasteiger partial charge in [0, 0.05) is 50.4 Å². The SMILES string of the molecule is O=[N+]([O-])c1cccc(Cc2ccc([N+](=O)[O-])cc2S(=O)(=O)N2CCNCC2)c1. The second-order valence-electron chi connectivity index (χ2n) is 6.31. The normalized spacial score (nSPS) is 15.3. The molecule has 0 unspecified atom stereocenters. The molecule has 2 aromatic carbocycles. The predicted octanol–water partition coefficient (Wildman–Crippen LogP) is 1.69. The summed E-state index contributed by atoms with van der Waals surface area (Å²) in [6.45, 7) is 1.52. The van der Waals surface area contributed by atoms with Crippen molar-refractivity contribution in [2.45, 2.75) is 11.3 Å². The van der Waals surface area contributed by atoms with E-state index in [9.17, 15) is 28.6 Å². The van der Waals surface area contributed by atoms with Crippen LogP contribution in [0, 0.1) is 20.2 Å². The third-order valence-corrected chi connectivity index (χ3v) is 6.45. The molecule has 1 heterocycles. The van der Waals surface area contributed by atoms with Gasteiger partial charge in [0.1, 0.15) is 0 Å². The van der Waals surface area contributed by atoms with Gasteiger partial charge < -0.3 is 5.32 Å². The lowest BCUT2D eigenvalue weighted by Crippen LogP contribution is -2.46. The highest BCUT2D eigenvalue weighted by Gasteiger charge is 2.30. The number of benzene rings is 2. The molecule has 1 aliphatic heterocycles. The molecular formula is C17H18N4O6S. The predicted molar refractivity (Wildman–Crippen MR) is 101 cm³/mol. The van der Waals surface area contributed by atoms with E-state index in [1.807, 2.05) is 0 Å².